The van der Waals surface area contributed by atoms with Crippen LogP contribution in [0.2, 0.25) is 0 Å². The fourth-order valence-electron chi connectivity index (χ4n) is 4.41. The molecule has 0 radical (unpaired) electrons. The minimum Gasteiger partial charge on any atom is -0.352 e. The summed E-state index contributed by atoms with van der Waals surface area (Å²) in [6.45, 7) is 0. The molecule has 3 N–H and O–H groups in total. The van der Waals surface area contributed by atoms with E-state index in [0.717, 1.165) is 70.4 Å². The Morgan fingerprint density at radius 3 is 2.84 bits per heavy atom. The topological polar surface area (TPSA) is 112 Å². The van der Waals surface area contributed by atoms with E-state index in [4.69, 9.17) is 4.98 Å². The lowest BCUT2D eigenvalue weighted by atomic mass is 10.1. The average Bonchev–Trinajstić information content (AvgIpc) is 3.58. The molecule has 1 aliphatic rings. The Labute approximate surface area is 183 Å². The second kappa shape index (κ2) is 7.56. The Bertz CT molecular complexity index is 1410. The summed E-state index contributed by atoms with van der Waals surface area (Å²) in [6.07, 6.45) is 9.37. The quantitative estimate of drug-likeness (QED) is 0.388. The van der Waals surface area contributed by atoms with Crippen LogP contribution in [0.4, 0.5) is 5.69 Å². The molecule has 32 heavy (non-hydrogen) atoms. The number of anilines is 1. The first-order valence-electron chi connectivity index (χ1n) is 10.8. The number of H-pyrrole nitrogens is 2. The first-order valence-corrected chi connectivity index (χ1v) is 10.8. The van der Waals surface area contributed by atoms with Crippen molar-refractivity contribution in [2.24, 2.45) is 5.92 Å². The van der Waals surface area contributed by atoms with E-state index in [9.17, 15) is 4.79 Å². The summed E-state index contributed by atoms with van der Waals surface area (Å²) in [7, 11) is 0. The highest BCUT2D eigenvalue weighted by Crippen LogP contribution is 2.30. The van der Waals surface area contributed by atoms with E-state index in [1.165, 1.54) is 0 Å². The monoisotopic (exact) mass is 423 g/mol. The predicted octanol–water partition coefficient (Wildman–Crippen LogP) is 4.69. The Kier molecular flexibility index (Phi) is 4.41. The van der Waals surface area contributed by atoms with E-state index < -0.39 is 0 Å². The third kappa shape index (κ3) is 3.30. The number of carbonyl (C=O) groups excluding carboxylic acids is 1. The minimum absolute atomic E-state index is 0.0782. The zero-order valence-corrected chi connectivity index (χ0v) is 17.3. The lowest BCUT2D eigenvalue weighted by Crippen LogP contribution is -2.20. The number of aromatic nitrogens is 6. The predicted molar refractivity (Wildman–Crippen MR) is 123 cm³/mol. The van der Waals surface area contributed by atoms with E-state index >= 15 is 0 Å². The van der Waals surface area contributed by atoms with Crippen LogP contribution in [0, 0.1) is 5.92 Å². The van der Waals surface area contributed by atoms with Gasteiger partial charge in [-0.2, -0.15) is 5.10 Å². The van der Waals surface area contributed by atoms with Crippen molar-refractivity contribution in [3.63, 3.8) is 0 Å². The highest BCUT2D eigenvalue weighted by Gasteiger charge is 2.22. The number of nitrogens with one attached hydrogen (secondary N) is 3. The number of rotatable bonds is 4. The van der Waals surface area contributed by atoms with Crippen LogP contribution in [0.1, 0.15) is 25.7 Å². The maximum Gasteiger partial charge on any atom is 0.227 e. The van der Waals surface area contributed by atoms with Gasteiger partial charge in [-0.05, 0) is 49.2 Å². The van der Waals surface area contributed by atoms with Crippen molar-refractivity contribution >= 4 is 33.7 Å². The number of amides is 1. The summed E-state index contributed by atoms with van der Waals surface area (Å²) >= 11 is 0. The maximum atomic E-state index is 12.5. The van der Waals surface area contributed by atoms with Crippen molar-refractivity contribution in [1.29, 1.82) is 0 Å². The van der Waals surface area contributed by atoms with Crippen LogP contribution in [0.3, 0.4) is 0 Å². The van der Waals surface area contributed by atoms with Gasteiger partial charge in [-0.3, -0.25) is 19.9 Å². The molecule has 0 spiro atoms. The van der Waals surface area contributed by atoms with E-state index in [1.807, 2.05) is 36.4 Å². The van der Waals surface area contributed by atoms with Crippen molar-refractivity contribution < 1.29 is 4.79 Å². The van der Waals surface area contributed by atoms with E-state index in [1.54, 1.807) is 18.6 Å². The van der Waals surface area contributed by atoms with Gasteiger partial charge in [0.1, 0.15) is 11.2 Å². The van der Waals surface area contributed by atoms with Crippen LogP contribution in [0.5, 0.6) is 0 Å². The standard InChI is InChI=1S/C24H21N7O/c32-24(14-4-1-2-5-14)27-16-10-15(12-25-13-16)17-7-8-19-22(29-17)23(31-30-19)21-11-20-18(28-21)6-3-9-26-20/h3,6-14,28H,1-2,4-5H2,(H,27,32)(H,30,31). The van der Waals surface area contributed by atoms with Crippen LogP contribution in [0.25, 0.3) is 44.7 Å². The zero-order valence-electron chi connectivity index (χ0n) is 17.3. The van der Waals surface area contributed by atoms with Gasteiger partial charge in [-0.25, -0.2) is 4.98 Å². The van der Waals surface area contributed by atoms with Crippen LogP contribution < -0.4 is 5.32 Å². The van der Waals surface area contributed by atoms with Crippen molar-refractivity contribution in [2.75, 3.05) is 5.32 Å². The highest BCUT2D eigenvalue weighted by molar-refractivity contribution is 5.94. The molecule has 6 rings (SSSR count). The summed E-state index contributed by atoms with van der Waals surface area (Å²) < 4.78 is 0. The van der Waals surface area contributed by atoms with Gasteiger partial charge in [0.05, 0.1) is 39.8 Å². The molecule has 1 saturated carbocycles. The van der Waals surface area contributed by atoms with Gasteiger partial charge in [0.25, 0.3) is 0 Å². The SMILES string of the molecule is O=C(Nc1cncc(-c2ccc3[nH]nc(-c4cc5ncccc5[nH]4)c3n2)c1)C1CCCC1. The van der Waals surface area contributed by atoms with Gasteiger partial charge in [0.15, 0.2) is 0 Å². The van der Waals surface area contributed by atoms with Gasteiger partial charge in [-0.1, -0.05) is 12.8 Å². The number of fused-ring (bicyclic) bond motifs is 2. The smallest absolute Gasteiger partial charge is 0.227 e. The first kappa shape index (κ1) is 18.7. The molecule has 5 aromatic heterocycles. The fraction of sp³-hybridized carbons (Fsp3) is 0.208. The summed E-state index contributed by atoms with van der Waals surface area (Å²) in [5.41, 5.74) is 7.30. The number of carbonyl (C=O) groups is 1. The molecule has 0 atom stereocenters. The van der Waals surface area contributed by atoms with Gasteiger partial charge in [0.2, 0.25) is 5.91 Å². The largest absolute Gasteiger partial charge is 0.352 e. The van der Waals surface area contributed by atoms with E-state index in [-0.39, 0.29) is 11.8 Å². The van der Waals surface area contributed by atoms with Gasteiger partial charge >= 0.3 is 0 Å². The summed E-state index contributed by atoms with van der Waals surface area (Å²) in [5, 5.41) is 10.5. The van der Waals surface area contributed by atoms with Crippen molar-refractivity contribution in [3.05, 3.63) is 55.0 Å². The molecular formula is C24H21N7O. The zero-order chi connectivity index (χ0) is 21.5. The molecule has 1 amide bonds. The van der Waals surface area contributed by atoms with E-state index in [0.29, 0.717) is 5.69 Å². The Hall–Kier alpha value is -4.07. The van der Waals surface area contributed by atoms with Crippen LogP contribution in [-0.2, 0) is 4.79 Å². The molecule has 5 heterocycles. The molecule has 0 aromatic carbocycles. The average molecular weight is 423 g/mol. The van der Waals surface area contributed by atoms with Gasteiger partial charge in [0, 0.05) is 23.9 Å². The second-order valence-electron chi connectivity index (χ2n) is 8.22. The van der Waals surface area contributed by atoms with Crippen LogP contribution >= 0.6 is 0 Å². The Morgan fingerprint density at radius 2 is 1.97 bits per heavy atom. The lowest BCUT2D eigenvalue weighted by Gasteiger charge is -2.11. The summed E-state index contributed by atoms with van der Waals surface area (Å²) in [6, 6.07) is 11.7. The maximum absolute atomic E-state index is 12.5. The second-order valence-corrected chi connectivity index (χ2v) is 8.22. The molecule has 8 nitrogen and oxygen atoms in total. The van der Waals surface area contributed by atoms with Crippen molar-refractivity contribution in [1.82, 2.24) is 30.1 Å². The van der Waals surface area contributed by atoms with Crippen LogP contribution in [-0.4, -0.2) is 36.0 Å². The number of aromatic amines is 2. The summed E-state index contributed by atoms with van der Waals surface area (Å²) in [4.78, 5) is 29.4. The first-order chi connectivity index (χ1) is 15.7. The van der Waals surface area contributed by atoms with Crippen LogP contribution in [0.15, 0.2) is 55.0 Å². The number of pyridine rings is 3. The molecule has 1 aliphatic carbocycles. The molecule has 0 saturated heterocycles. The molecule has 8 heteroatoms. The minimum atomic E-state index is 0.0782. The Morgan fingerprint density at radius 1 is 1.06 bits per heavy atom. The third-order valence-electron chi connectivity index (χ3n) is 6.08. The van der Waals surface area contributed by atoms with Gasteiger partial charge in [-0.15, -0.1) is 0 Å². The number of hydrogen-bond acceptors (Lipinski definition) is 5. The van der Waals surface area contributed by atoms with E-state index in [2.05, 4.69) is 30.5 Å². The van der Waals surface area contributed by atoms with Gasteiger partial charge < -0.3 is 10.3 Å². The molecule has 0 unspecified atom stereocenters. The normalized spacial score (nSPS) is 14.4. The lowest BCUT2D eigenvalue weighted by molar-refractivity contribution is -0.119. The highest BCUT2D eigenvalue weighted by atomic mass is 16.1. The third-order valence-corrected chi connectivity index (χ3v) is 6.08. The number of nitrogens with zero attached hydrogens (tertiary/aromatic N) is 4. The molecular weight excluding hydrogens is 402 g/mol. The molecule has 5 aromatic rings. The molecule has 0 aliphatic heterocycles. The fourth-order valence-corrected chi connectivity index (χ4v) is 4.41. The number of hydrogen-bond donors (Lipinski definition) is 3. The molecule has 1 fully saturated rings. The molecule has 158 valence electrons. The molecule has 0 bridgehead atoms. The summed E-state index contributed by atoms with van der Waals surface area (Å²) in [5.74, 6) is 0.182. The Balaban J connectivity index is 1.35. The van der Waals surface area contributed by atoms with Crippen molar-refractivity contribution in [3.8, 4) is 22.6 Å². The van der Waals surface area contributed by atoms with Crippen molar-refractivity contribution in [2.45, 2.75) is 25.7 Å².